The summed E-state index contributed by atoms with van der Waals surface area (Å²) in [6.07, 6.45) is 4.58. The van der Waals surface area contributed by atoms with Crippen LogP contribution in [-0.4, -0.2) is 28.7 Å². The van der Waals surface area contributed by atoms with Crippen LogP contribution in [0.4, 0.5) is 0 Å². The largest absolute Gasteiger partial charge is 0.468 e. The highest BCUT2D eigenvalue weighted by atomic mass is 16.5. The van der Waals surface area contributed by atoms with Crippen molar-refractivity contribution in [2.45, 2.75) is 52.7 Å². The van der Waals surface area contributed by atoms with Crippen LogP contribution in [0.25, 0.3) is 0 Å². The van der Waals surface area contributed by atoms with Gasteiger partial charge in [0.05, 0.1) is 19.1 Å². The Labute approximate surface area is 115 Å². The van der Waals surface area contributed by atoms with Gasteiger partial charge in [0.1, 0.15) is 6.04 Å². The summed E-state index contributed by atoms with van der Waals surface area (Å²) < 4.78 is 6.95. The Balaban J connectivity index is 2.70. The van der Waals surface area contributed by atoms with Crippen LogP contribution in [0.15, 0.2) is 12.5 Å². The normalized spacial score (nSPS) is 14.4. The highest BCUT2D eigenvalue weighted by Crippen LogP contribution is 2.12. The van der Waals surface area contributed by atoms with E-state index >= 15 is 0 Å². The van der Waals surface area contributed by atoms with Crippen molar-refractivity contribution < 1.29 is 9.53 Å². The fourth-order valence-electron chi connectivity index (χ4n) is 2.03. The Morgan fingerprint density at radius 3 is 2.68 bits per heavy atom. The third kappa shape index (κ3) is 4.06. The van der Waals surface area contributed by atoms with Gasteiger partial charge in [0.15, 0.2) is 0 Å². The van der Waals surface area contributed by atoms with Gasteiger partial charge in [0.2, 0.25) is 0 Å². The minimum absolute atomic E-state index is 0.204. The first-order valence-electron chi connectivity index (χ1n) is 6.83. The fourth-order valence-corrected chi connectivity index (χ4v) is 2.03. The molecule has 0 aliphatic carbocycles. The molecule has 108 valence electrons. The van der Waals surface area contributed by atoms with Crippen molar-refractivity contribution in [1.29, 1.82) is 0 Å². The van der Waals surface area contributed by atoms with Gasteiger partial charge < -0.3 is 9.30 Å². The molecule has 1 N–H and O–H groups in total. The zero-order chi connectivity index (χ0) is 14.4. The summed E-state index contributed by atoms with van der Waals surface area (Å²) >= 11 is 0. The average Bonchev–Trinajstić information content (AvgIpc) is 2.86. The van der Waals surface area contributed by atoms with Gasteiger partial charge in [0, 0.05) is 18.8 Å². The maximum Gasteiger partial charge on any atom is 0.323 e. The molecule has 2 unspecified atom stereocenters. The number of rotatable bonds is 7. The van der Waals surface area contributed by atoms with Gasteiger partial charge in [-0.15, -0.1) is 0 Å². The van der Waals surface area contributed by atoms with Crippen LogP contribution >= 0.6 is 0 Å². The van der Waals surface area contributed by atoms with E-state index in [0.29, 0.717) is 12.6 Å². The standard InChI is InChI=1S/C14H25N3O2/c1-6-11(4)13(14(18)19-5)16-8-12-7-15-9-17(12)10(2)3/h7,9-11,13,16H,6,8H2,1-5H3. The zero-order valence-electron chi connectivity index (χ0n) is 12.5. The second kappa shape index (κ2) is 7.28. The molecule has 5 heteroatoms. The number of carbonyl (C=O) groups excluding carboxylic acids is 1. The molecular formula is C14H25N3O2. The molecule has 1 aromatic heterocycles. The van der Waals surface area contributed by atoms with E-state index in [1.54, 1.807) is 0 Å². The van der Waals surface area contributed by atoms with E-state index in [-0.39, 0.29) is 17.9 Å². The number of hydrogen-bond donors (Lipinski definition) is 1. The molecule has 1 aromatic rings. The molecule has 19 heavy (non-hydrogen) atoms. The summed E-state index contributed by atoms with van der Waals surface area (Å²) in [4.78, 5) is 15.9. The molecule has 0 aliphatic rings. The summed E-state index contributed by atoms with van der Waals surface area (Å²) in [7, 11) is 1.43. The molecule has 0 fully saturated rings. The monoisotopic (exact) mass is 267 g/mol. The Kier molecular flexibility index (Phi) is 6.02. The van der Waals surface area contributed by atoms with Gasteiger partial charge in [0.25, 0.3) is 0 Å². The highest BCUT2D eigenvalue weighted by Gasteiger charge is 2.24. The van der Waals surface area contributed by atoms with Gasteiger partial charge in [-0.3, -0.25) is 10.1 Å². The molecule has 0 aliphatic heterocycles. The first-order chi connectivity index (χ1) is 9.01. The number of nitrogens with zero attached hydrogens (tertiary/aromatic N) is 2. The van der Waals surface area contributed by atoms with Crippen molar-refractivity contribution in [1.82, 2.24) is 14.9 Å². The number of ether oxygens (including phenoxy) is 1. The van der Waals surface area contributed by atoms with Crippen LogP contribution < -0.4 is 5.32 Å². The predicted octanol–water partition coefficient (Wildman–Crippen LogP) is 2.14. The number of aromatic nitrogens is 2. The van der Waals surface area contributed by atoms with E-state index in [1.165, 1.54) is 7.11 Å². The van der Waals surface area contributed by atoms with E-state index in [1.807, 2.05) is 19.4 Å². The first-order valence-corrected chi connectivity index (χ1v) is 6.83. The quantitative estimate of drug-likeness (QED) is 0.769. The minimum Gasteiger partial charge on any atom is -0.468 e. The number of esters is 1. The number of methoxy groups -OCH3 is 1. The number of carbonyl (C=O) groups is 1. The lowest BCUT2D eigenvalue weighted by atomic mass is 9.99. The smallest absolute Gasteiger partial charge is 0.323 e. The van der Waals surface area contributed by atoms with Crippen LogP contribution in [0.1, 0.15) is 45.9 Å². The van der Waals surface area contributed by atoms with Crippen molar-refractivity contribution in [2.24, 2.45) is 5.92 Å². The fraction of sp³-hybridized carbons (Fsp3) is 0.714. The molecule has 0 saturated carbocycles. The molecule has 0 amide bonds. The molecule has 0 spiro atoms. The number of imidazole rings is 1. The van der Waals surface area contributed by atoms with Crippen LogP contribution in [0.5, 0.6) is 0 Å². The minimum atomic E-state index is -0.273. The van der Waals surface area contributed by atoms with Gasteiger partial charge in [-0.2, -0.15) is 0 Å². The Bertz CT molecular complexity index is 401. The highest BCUT2D eigenvalue weighted by molar-refractivity contribution is 5.75. The van der Waals surface area contributed by atoms with Crippen LogP contribution in [0.3, 0.4) is 0 Å². The molecule has 1 rings (SSSR count). The third-order valence-electron chi connectivity index (χ3n) is 3.47. The molecule has 0 radical (unpaired) electrons. The number of nitrogens with one attached hydrogen (secondary N) is 1. The van der Waals surface area contributed by atoms with Crippen molar-refractivity contribution in [3.63, 3.8) is 0 Å². The average molecular weight is 267 g/mol. The maximum absolute atomic E-state index is 11.8. The molecule has 1 heterocycles. The zero-order valence-corrected chi connectivity index (χ0v) is 12.5. The second-order valence-electron chi connectivity index (χ2n) is 5.15. The lowest BCUT2D eigenvalue weighted by Gasteiger charge is -2.22. The summed E-state index contributed by atoms with van der Waals surface area (Å²) in [6, 6.07) is 0.0880. The lowest BCUT2D eigenvalue weighted by molar-refractivity contribution is -0.144. The second-order valence-corrected chi connectivity index (χ2v) is 5.15. The Hall–Kier alpha value is -1.36. The van der Waals surface area contributed by atoms with E-state index in [4.69, 9.17) is 4.74 Å². The summed E-state index contributed by atoms with van der Waals surface area (Å²) in [5.41, 5.74) is 1.08. The lowest BCUT2D eigenvalue weighted by Crippen LogP contribution is -2.42. The van der Waals surface area contributed by atoms with E-state index in [0.717, 1.165) is 12.1 Å². The summed E-state index contributed by atoms with van der Waals surface area (Å²) in [5, 5.41) is 3.28. The van der Waals surface area contributed by atoms with E-state index in [9.17, 15) is 4.79 Å². The van der Waals surface area contributed by atoms with E-state index in [2.05, 4.69) is 35.6 Å². The molecule has 0 bridgehead atoms. The predicted molar refractivity (Wildman–Crippen MR) is 74.7 cm³/mol. The van der Waals surface area contributed by atoms with Gasteiger partial charge in [-0.25, -0.2) is 4.98 Å². The Morgan fingerprint density at radius 2 is 2.16 bits per heavy atom. The summed E-state index contributed by atoms with van der Waals surface area (Å²) in [6.45, 7) is 8.95. The SMILES string of the molecule is CCC(C)C(NCc1cncn1C(C)C)C(=O)OC. The van der Waals surface area contributed by atoms with Crippen LogP contribution in [0.2, 0.25) is 0 Å². The van der Waals surface area contributed by atoms with Crippen molar-refractivity contribution in [3.05, 3.63) is 18.2 Å². The third-order valence-corrected chi connectivity index (χ3v) is 3.47. The number of hydrogen-bond acceptors (Lipinski definition) is 4. The van der Waals surface area contributed by atoms with Crippen molar-refractivity contribution in [3.8, 4) is 0 Å². The topological polar surface area (TPSA) is 56.2 Å². The van der Waals surface area contributed by atoms with Crippen LogP contribution in [0, 0.1) is 5.92 Å². The van der Waals surface area contributed by atoms with E-state index < -0.39 is 0 Å². The van der Waals surface area contributed by atoms with Gasteiger partial charge in [-0.05, 0) is 19.8 Å². The Morgan fingerprint density at radius 1 is 1.47 bits per heavy atom. The maximum atomic E-state index is 11.8. The van der Waals surface area contributed by atoms with Gasteiger partial charge >= 0.3 is 5.97 Å². The van der Waals surface area contributed by atoms with Crippen molar-refractivity contribution in [2.75, 3.05) is 7.11 Å². The molecular weight excluding hydrogens is 242 g/mol. The first kappa shape index (κ1) is 15.7. The van der Waals surface area contributed by atoms with Crippen molar-refractivity contribution >= 4 is 5.97 Å². The molecule has 0 aromatic carbocycles. The summed E-state index contributed by atoms with van der Waals surface area (Å²) in [5.74, 6) is 0.0350. The molecule has 0 saturated heterocycles. The molecule has 5 nitrogen and oxygen atoms in total. The van der Waals surface area contributed by atoms with Crippen LogP contribution in [-0.2, 0) is 16.1 Å². The molecule has 2 atom stereocenters. The van der Waals surface area contributed by atoms with Gasteiger partial charge in [-0.1, -0.05) is 20.3 Å².